The molecule has 0 fully saturated rings. The number of hydrogen-bond acceptors (Lipinski definition) is 4. The number of rotatable bonds is 7. The van der Waals surface area contributed by atoms with E-state index in [0.29, 0.717) is 22.5 Å². The van der Waals surface area contributed by atoms with Crippen molar-refractivity contribution in [1.82, 2.24) is 15.2 Å². The molecule has 2 rings (SSSR count). The van der Waals surface area contributed by atoms with Crippen molar-refractivity contribution in [1.29, 1.82) is 0 Å². The Morgan fingerprint density at radius 2 is 1.92 bits per heavy atom. The fourth-order valence-electron chi connectivity index (χ4n) is 2.62. The smallest absolute Gasteiger partial charge is 0.263 e. The molecule has 0 radical (unpaired) electrons. The molecule has 0 aliphatic rings. The summed E-state index contributed by atoms with van der Waals surface area (Å²) in [6.45, 7) is 10.9. The number of aryl methyl sites for hydroxylation is 1. The van der Waals surface area contributed by atoms with E-state index in [1.807, 2.05) is 31.2 Å². The Kier molecular flexibility index (Phi) is 6.78. The third-order valence-corrected chi connectivity index (χ3v) is 5.54. The van der Waals surface area contributed by atoms with Gasteiger partial charge >= 0.3 is 0 Å². The van der Waals surface area contributed by atoms with Gasteiger partial charge in [0, 0.05) is 23.2 Å². The van der Waals surface area contributed by atoms with Crippen LogP contribution in [-0.2, 0) is 0 Å². The number of aromatic nitrogens is 1. The molecule has 0 saturated heterocycles. The molecular weight excluding hydrogens is 342 g/mol. The number of benzene rings is 1. The maximum Gasteiger partial charge on any atom is 0.263 e. The van der Waals surface area contributed by atoms with E-state index >= 15 is 0 Å². The Morgan fingerprint density at radius 1 is 1.29 bits per heavy atom. The maximum atomic E-state index is 12.5. The van der Waals surface area contributed by atoms with Crippen LogP contribution < -0.4 is 5.32 Å². The minimum atomic E-state index is -0.0516. The van der Waals surface area contributed by atoms with Gasteiger partial charge in [0.1, 0.15) is 9.88 Å². The number of halogens is 1. The lowest BCUT2D eigenvalue weighted by Crippen LogP contribution is -2.41. The summed E-state index contributed by atoms with van der Waals surface area (Å²) in [5.74, 6) is -0.0516. The van der Waals surface area contributed by atoms with E-state index in [1.165, 1.54) is 11.3 Å². The van der Waals surface area contributed by atoms with Crippen molar-refractivity contribution in [3.05, 3.63) is 39.9 Å². The van der Waals surface area contributed by atoms with Gasteiger partial charge in [-0.2, -0.15) is 0 Å². The highest BCUT2D eigenvalue weighted by Crippen LogP contribution is 2.28. The molecule has 1 atom stereocenters. The van der Waals surface area contributed by atoms with Crippen molar-refractivity contribution in [3.63, 3.8) is 0 Å². The van der Waals surface area contributed by atoms with Crippen LogP contribution in [0.5, 0.6) is 0 Å². The first-order valence-electron chi connectivity index (χ1n) is 8.21. The van der Waals surface area contributed by atoms with Crippen molar-refractivity contribution < 1.29 is 4.79 Å². The van der Waals surface area contributed by atoms with Crippen molar-refractivity contribution in [2.75, 3.05) is 19.6 Å². The second-order valence-corrected chi connectivity index (χ2v) is 7.16. The van der Waals surface area contributed by atoms with E-state index in [-0.39, 0.29) is 5.91 Å². The Bertz CT molecular complexity index is 680. The largest absolute Gasteiger partial charge is 0.350 e. The van der Waals surface area contributed by atoms with E-state index in [0.717, 1.165) is 29.4 Å². The zero-order valence-corrected chi connectivity index (χ0v) is 16.2. The summed E-state index contributed by atoms with van der Waals surface area (Å²) in [7, 11) is 0. The highest BCUT2D eigenvalue weighted by Gasteiger charge is 2.18. The quantitative estimate of drug-likeness (QED) is 0.798. The number of nitrogens with zero attached hydrogens (tertiary/aromatic N) is 2. The van der Waals surface area contributed by atoms with Crippen molar-refractivity contribution in [3.8, 4) is 10.6 Å². The fraction of sp³-hybridized carbons (Fsp3) is 0.444. The lowest BCUT2D eigenvalue weighted by Gasteiger charge is -2.26. The van der Waals surface area contributed by atoms with Gasteiger partial charge in [0.05, 0.1) is 5.69 Å². The van der Waals surface area contributed by atoms with Crippen molar-refractivity contribution in [2.45, 2.75) is 33.7 Å². The summed E-state index contributed by atoms with van der Waals surface area (Å²) in [6, 6.07) is 7.82. The lowest BCUT2D eigenvalue weighted by molar-refractivity contribution is 0.0941. The van der Waals surface area contributed by atoms with Gasteiger partial charge in [0.25, 0.3) is 5.91 Å². The molecule has 1 unspecified atom stereocenters. The van der Waals surface area contributed by atoms with E-state index in [2.05, 4.69) is 36.0 Å². The number of nitrogens with one attached hydrogen (secondary N) is 1. The Labute approximate surface area is 152 Å². The zero-order valence-electron chi connectivity index (χ0n) is 14.6. The Morgan fingerprint density at radius 3 is 2.50 bits per heavy atom. The number of thiazole rings is 1. The monoisotopic (exact) mass is 365 g/mol. The minimum Gasteiger partial charge on any atom is -0.350 e. The van der Waals surface area contributed by atoms with Gasteiger partial charge < -0.3 is 5.32 Å². The summed E-state index contributed by atoms with van der Waals surface area (Å²) < 4.78 is 0. The first-order valence-corrected chi connectivity index (χ1v) is 9.41. The minimum absolute atomic E-state index is 0.0516. The second kappa shape index (κ2) is 8.60. The summed E-state index contributed by atoms with van der Waals surface area (Å²) in [4.78, 5) is 20.0. The van der Waals surface area contributed by atoms with E-state index < -0.39 is 0 Å². The SMILES string of the molecule is CCN(CC)C(C)CNC(=O)c1sc(-c2ccc(Cl)cc2)nc1C. The summed E-state index contributed by atoms with van der Waals surface area (Å²) in [5, 5.41) is 4.56. The van der Waals surface area contributed by atoms with Gasteiger partial charge in [-0.3, -0.25) is 9.69 Å². The first kappa shape index (κ1) is 18.9. The third-order valence-electron chi connectivity index (χ3n) is 4.09. The molecule has 0 aliphatic carbocycles. The zero-order chi connectivity index (χ0) is 17.7. The van der Waals surface area contributed by atoms with Gasteiger partial charge in [-0.05, 0) is 39.1 Å². The third kappa shape index (κ3) is 4.56. The summed E-state index contributed by atoms with van der Waals surface area (Å²) in [5.41, 5.74) is 1.74. The fourth-order valence-corrected chi connectivity index (χ4v) is 3.73. The molecule has 0 bridgehead atoms. The summed E-state index contributed by atoms with van der Waals surface area (Å²) in [6.07, 6.45) is 0. The molecule has 1 heterocycles. The predicted molar refractivity (Wildman–Crippen MR) is 102 cm³/mol. The van der Waals surface area contributed by atoms with E-state index in [4.69, 9.17) is 11.6 Å². The predicted octanol–water partition coefficient (Wildman–Crippen LogP) is 4.23. The van der Waals surface area contributed by atoms with Crippen LogP contribution in [0.1, 0.15) is 36.1 Å². The van der Waals surface area contributed by atoms with Crippen LogP contribution >= 0.6 is 22.9 Å². The number of likely N-dealkylation sites (N-methyl/N-ethyl adjacent to an activating group) is 1. The molecule has 6 heteroatoms. The molecule has 2 aromatic rings. The molecule has 1 N–H and O–H groups in total. The van der Waals surface area contributed by atoms with Gasteiger partial charge in [-0.15, -0.1) is 11.3 Å². The molecular formula is C18H24ClN3OS. The highest BCUT2D eigenvalue weighted by molar-refractivity contribution is 7.17. The number of hydrogen-bond donors (Lipinski definition) is 1. The maximum absolute atomic E-state index is 12.5. The van der Waals surface area contributed by atoms with Gasteiger partial charge in [-0.1, -0.05) is 37.6 Å². The molecule has 1 aromatic carbocycles. The van der Waals surface area contributed by atoms with E-state index in [9.17, 15) is 4.79 Å². The molecule has 0 aliphatic heterocycles. The molecule has 1 amide bonds. The number of amides is 1. The summed E-state index contributed by atoms with van der Waals surface area (Å²) >= 11 is 7.34. The van der Waals surface area contributed by atoms with Crippen molar-refractivity contribution >= 4 is 28.8 Å². The standard InChI is InChI=1S/C18H24ClN3OS/c1-5-22(6-2)12(3)11-20-17(23)16-13(4)21-18(24-16)14-7-9-15(19)10-8-14/h7-10,12H,5-6,11H2,1-4H3,(H,20,23). The normalized spacial score (nSPS) is 12.4. The van der Waals surface area contributed by atoms with Crippen LogP contribution in [0.4, 0.5) is 0 Å². The van der Waals surface area contributed by atoms with Crippen molar-refractivity contribution in [2.24, 2.45) is 0 Å². The lowest BCUT2D eigenvalue weighted by atomic mass is 10.2. The average Bonchev–Trinajstić information content (AvgIpc) is 2.96. The number of carbonyl (C=O) groups is 1. The molecule has 130 valence electrons. The first-order chi connectivity index (χ1) is 11.5. The molecule has 24 heavy (non-hydrogen) atoms. The van der Waals surface area contributed by atoms with E-state index in [1.54, 1.807) is 0 Å². The number of carbonyl (C=O) groups excluding carboxylic acids is 1. The van der Waals surface area contributed by atoms with Gasteiger partial charge in [0.15, 0.2) is 0 Å². The second-order valence-electron chi connectivity index (χ2n) is 5.72. The van der Waals surface area contributed by atoms with Gasteiger partial charge in [-0.25, -0.2) is 4.98 Å². The van der Waals surface area contributed by atoms with Crippen LogP contribution in [0.15, 0.2) is 24.3 Å². The topological polar surface area (TPSA) is 45.2 Å². The molecule has 1 aromatic heterocycles. The average molecular weight is 366 g/mol. The van der Waals surface area contributed by atoms with Crippen LogP contribution in [0, 0.1) is 6.92 Å². The molecule has 0 saturated carbocycles. The van der Waals surface area contributed by atoms with Gasteiger partial charge in [0.2, 0.25) is 0 Å². The van der Waals surface area contributed by atoms with Crippen LogP contribution in [-0.4, -0.2) is 41.5 Å². The highest BCUT2D eigenvalue weighted by atomic mass is 35.5. The van der Waals surface area contributed by atoms with Crippen LogP contribution in [0.2, 0.25) is 5.02 Å². The molecule has 4 nitrogen and oxygen atoms in total. The van der Waals surface area contributed by atoms with Crippen LogP contribution in [0.3, 0.4) is 0 Å². The Hall–Kier alpha value is -1.43. The Balaban J connectivity index is 2.06. The van der Waals surface area contributed by atoms with Crippen LogP contribution in [0.25, 0.3) is 10.6 Å². The molecule has 0 spiro atoms.